The Bertz CT molecular complexity index is 530. The van der Waals surface area contributed by atoms with E-state index in [1.807, 2.05) is 12.1 Å². The number of nitrogens with zero attached hydrogens (tertiary/aromatic N) is 2. The fourth-order valence-electron chi connectivity index (χ4n) is 3.14. The molecule has 0 atom stereocenters. The van der Waals surface area contributed by atoms with Crippen LogP contribution in [-0.4, -0.2) is 43.6 Å². The van der Waals surface area contributed by atoms with Crippen molar-refractivity contribution in [2.45, 2.75) is 46.1 Å². The number of hydrogen-bond donors (Lipinski definition) is 2. The molecule has 148 valence electrons. The molecular weight excluding hydrogens is 442 g/mol. The molecule has 1 fully saturated rings. The number of guanidine groups is 1. The van der Waals surface area contributed by atoms with E-state index in [-0.39, 0.29) is 29.8 Å². The lowest BCUT2D eigenvalue weighted by molar-refractivity contribution is 0.179. The number of unbranched alkanes of at least 4 members (excludes halogenated alkanes) is 1. The SMILES string of the molecule is CCCCNC(=NCC1CCN(Cc2ccccc2F)CC1)NCC.I. The average Bonchev–Trinajstić information content (AvgIpc) is 2.63. The number of likely N-dealkylation sites (tertiary alicyclic amines) is 1. The molecule has 0 aliphatic carbocycles. The van der Waals surface area contributed by atoms with Gasteiger partial charge in [0.25, 0.3) is 0 Å². The van der Waals surface area contributed by atoms with Crippen LogP contribution in [0.4, 0.5) is 4.39 Å². The van der Waals surface area contributed by atoms with Crippen LogP contribution in [0.15, 0.2) is 29.3 Å². The van der Waals surface area contributed by atoms with Crippen molar-refractivity contribution in [3.8, 4) is 0 Å². The molecule has 26 heavy (non-hydrogen) atoms. The molecule has 1 heterocycles. The Balaban J connectivity index is 0.00000338. The third-order valence-electron chi connectivity index (χ3n) is 4.73. The largest absolute Gasteiger partial charge is 0.357 e. The lowest BCUT2D eigenvalue weighted by atomic mass is 9.96. The van der Waals surface area contributed by atoms with Gasteiger partial charge in [0, 0.05) is 31.7 Å². The molecule has 6 heteroatoms. The quantitative estimate of drug-likeness (QED) is 0.258. The first kappa shape index (κ1) is 23.1. The normalized spacial score (nSPS) is 16.2. The van der Waals surface area contributed by atoms with Crippen LogP contribution in [-0.2, 0) is 6.54 Å². The summed E-state index contributed by atoms with van der Waals surface area (Å²) in [6, 6.07) is 7.09. The predicted molar refractivity (Wildman–Crippen MR) is 119 cm³/mol. The van der Waals surface area contributed by atoms with Crippen LogP contribution in [0.1, 0.15) is 45.1 Å². The Morgan fingerprint density at radius 2 is 1.92 bits per heavy atom. The number of benzene rings is 1. The first-order valence-corrected chi connectivity index (χ1v) is 9.70. The van der Waals surface area contributed by atoms with Gasteiger partial charge >= 0.3 is 0 Å². The molecule has 4 nitrogen and oxygen atoms in total. The number of rotatable bonds is 8. The Hall–Kier alpha value is -0.890. The maximum absolute atomic E-state index is 13.8. The van der Waals surface area contributed by atoms with Crippen molar-refractivity contribution >= 4 is 29.9 Å². The van der Waals surface area contributed by atoms with E-state index in [9.17, 15) is 4.39 Å². The van der Waals surface area contributed by atoms with Gasteiger partial charge in [-0.05, 0) is 51.3 Å². The van der Waals surface area contributed by atoms with Gasteiger partial charge in [0.1, 0.15) is 5.82 Å². The molecule has 0 unspecified atom stereocenters. The fraction of sp³-hybridized carbons (Fsp3) is 0.650. The van der Waals surface area contributed by atoms with Crippen LogP contribution in [0.25, 0.3) is 0 Å². The second-order valence-electron chi connectivity index (χ2n) is 6.81. The molecule has 0 saturated carbocycles. The lowest BCUT2D eigenvalue weighted by Gasteiger charge is -2.31. The number of piperidine rings is 1. The molecule has 2 N–H and O–H groups in total. The zero-order valence-electron chi connectivity index (χ0n) is 16.1. The molecule has 0 aromatic heterocycles. The van der Waals surface area contributed by atoms with Crippen molar-refractivity contribution in [3.63, 3.8) is 0 Å². The predicted octanol–water partition coefficient (Wildman–Crippen LogP) is 4.01. The van der Waals surface area contributed by atoms with Gasteiger partial charge in [-0.1, -0.05) is 31.5 Å². The highest BCUT2D eigenvalue weighted by Gasteiger charge is 2.19. The second-order valence-corrected chi connectivity index (χ2v) is 6.81. The maximum atomic E-state index is 13.8. The van der Waals surface area contributed by atoms with Gasteiger partial charge < -0.3 is 10.6 Å². The van der Waals surface area contributed by atoms with Gasteiger partial charge in [-0.3, -0.25) is 9.89 Å². The van der Waals surface area contributed by atoms with Crippen LogP contribution in [0.2, 0.25) is 0 Å². The number of halogens is 2. The van der Waals surface area contributed by atoms with E-state index in [1.165, 1.54) is 12.8 Å². The van der Waals surface area contributed by atoms with Gasteiger partial charge in [-0.15, -0.1) is 24.0 Å². The van der Waals surface area contributed by atoms with Gasteiger partial charge in [-0.25, -0.2) is 4.39 Å². The molecule has 1 aromatic carbocycles. The Kier molecular flexibility index (Phi) is 11.8. The van der Waals surface area contributed by atoms with Crippen molar-refractivity contribution in [2.24, 2.45) is 10.9 Å². The Labute approximate surface area is 175 Å². The summed E-state index contributed by atoms with van der Waals surface area (Å²) in [7, 11) is 0. The molecule has 0 spiro atoms. The van der Waals surface area contributed by atoms with Crippen LogP contribution in [0.5, 0.6) is 0 Å². The van der Waals surface area contributed by atoms with Crippen LogP contribution >= 0.6 is 24.0 Å². The third-order valence-corrected chi connectivity index (χ3v) is 4.73. The van der Waals surface area contributed by atoms with Crippen molar-refractivity contribution < 1.29 is 4.39 Å². The smallest absolute Gasteiger partial charge is 0.191 e. The van der Waals surface area contributed by atoms with E-state index < -0.39 is 0 Å². The lowest BCUT2D eigenvalue weighted by Crippen LogP contribution is -2.39. The minimum atomic E-state index is -0.0948. The number of hydrogen-bond acceptors (Lipinski definition) is 2. The summed E-state index contributed by atoms with van der Waals surface area (Å²) in [5.74, 6) is 1.46. The van der Waals surface area contributed by atoms with Crippen molar-refractivity contribution in [1.29, 1.82) is 0 Å². The van der Waals surface area contributed by atoms with Gasteiger partial charge in [0.15, 0.2) is 5.96 Å². The zero-order valence-corrected chi connectivity index (χ0v) is 18.5. The monoisotopic (exact) mass is 476 g/mol. The molecule has 1 aliphatic rings. The summed E-state index contributed by atoms with van der Waals surface area (Å²) in [5.41, 5.74) is 0.800. The van der Waals surface area contributed by atoms with Crippen molar-refractivity contribution in [3.05, 3.63) is 35.6 Å². The molecule has 0 radical (unpaired) electrons. The highest BCUT2D eigenvalue weighted by atomic mass is 127. The van der Waals surface area contributed by atoms with Crippen LogP contribution in [0, 0.1) is 11.7 Å². The molecule has 0 amide bonds. The summed E-state index contributed by atoms with van der Waals surface area (Å²) < 4.78 is 13.8. The molecule has 1 aromatic rings. The Morgan fingerprint density at radius 1 is 1.19 bits per heavy atom. The molecule has 1 aliphatic heterocycles. The highest BCUT2D eigenvalue weighted by molar-refractivity contribution is 14.0. The van der Waals surface area contributed by atoms with Crippen LogP contribution in [0.3, 0.4) is 0 Å². The minimum absolute atomic E-state index is 0. The first-order valence-electron chi connectivity index (χ1n) is 9.70. The molecule has 1 saturated heterocycles. The van der Waals surface area contributed by atoms with E-state index in [0.29, 0.717) is 12.5 Å². The van der Waals surface area contributed by atoms with E-state index in [1.54, 1.807) is 12.1 Å². The summed E-state index contributed by atoms with van der Waals surface area (Å²) in [4.78, 5) is 7.10. The van der Waals surface area contributed by atoms with E-state index in [2.05, 4.69) is 29.4 Å². The molecule has 2 rings (SSSR count). The van der Waals surface area contributed by atoms with E-state index in [4.69, 9.17) is 4.99 Å². The number of aliphatic imine (C=N–C) groups is 1. The topological polar surface area (TPSA) is 39.7 Å². The first-order chi connectivity index (χ1) is 12.2. The number of nitrogens with one attached hydrogen (secondary N) is 2. The van der Waals surface area contributed by atoms with E-state index in [0.717, 1.165) is 57.1 Å². The summed E-state index contributed by atoms with van der Waals surface area (Å²) in [6.07, 6.45) is 4.62. The van der Waals surface area contributed by atoms with Crippen molar-refractivity contribution in [1.82, 2.24) is 15.5 Å². The summed E-state index contributed by atoms with van der Waals surface area (Å²) >= 11 is 0. The van der Waals surface area contributed by atoms with Gasteiger partial charge in [-0.2, -0.15) is 0 Å². The molecule has 0 bridgehead atoms. The fourth-order valence-corrected chi connectivity index (χ4v) is 3.14. The van der Waals surface area contributed by atoms with Gasteiger partial charge in [0.05, 0.1) is 0 Å². The third kappa shape index (κ3) is 8.20. The standard InChI is InChI=1S/C20H33FN4.HI/c1-3-5-12-23-20(22-4-2)24-15-17-10-13-25(14-11-17)16-18-8-6-7-9-19(18)21;/h6-9,17H,3-5,10-16H2,1-2H3,(H2,22,23,24);1H. The average molecular weight is 476 g/mol. The summed E-state index contributed by atoms with van der Waals surface area (Å²) in [6.45, 7) is 9.78. The maximum Gasteiger partial charge on any atom is 0.191 e. The minimum Gasteiger partial charge on any atom is -0.357 e. The van der Waals surface area contributed by atoms with Crippen LogP contribution < -0.4 is 10.6 Å². The summed E-state index contributed by atoms with van der Waals surface area (Å²) in [5, 5.41) is 6.71. The van der Waals surface area contributed by atoms with Gasteiger partial charge in [0.2, 0.25) is 0 Å². The highest BCUT2D eigenvalue weighted by Crippen LogP contribution is 2.20. The van der Waals surface area contributed by atoms with Crippen molar-refractivity contribution in [2.75, 3.05) is 32.7 Å². The molecular formula is C20H34FIN4. The second kappa shape index (κ2) is 13.3. The zero-order chi connectivity index (χ0) is 17.9. The van der Waals surface area contributed by atoms with E-state index >= 15 is 0 Å². The Morgan fingerprint density at radius 3 is 2.58 bits per heavy atom.